The monoisotopic (exact) mass is 365 g/mol. The number of carboxylic acid groups (broad SMARTS) is 1. The SMILES string of the molecule is Cc1cc(C)cc(C(=O)N[C@H](Cc2ccc(Cl)cc2Cl)C(=O)O)c1. The maximum Gasteiger partial charge on any atom is 0.326 e. The second kappa shape index (κ2) is 7.69. The molecule has 0 aliphatic carbocycles. The number of carboxylic acids is 1. The molecule has 6 heteroatoms. The minimum atomic E-state index is -1.13. The second-order valence-corrected chi connectivity index (χ2v) is 6.52. The molecule has 0 unspecified atom stereocenters. The zero-order valence-corrected chi connectivity index (χ0v) is 14.8. The van der Waals surface area contributed by atoms with Crippen LogP contribution in [0.25, 0.3) is 0 Å². The van der Waals surface area contributed by atoms with Gasteiger partial charge in [-0.15, -0.1) is 0 Å². The Labute approximate surface area is 150 Å². The van der Waals surface area contributed by atoms with Crippen molar-refractivity contribution in [3.8, 4) is 0 Å². The van der Waals surface area contributed by atoms with Crippen LogP contribution < -0.4 is 5.32 Å². The second-order valence-electron chi connectivity index (χ2n) is 5.68. The van der Waals surface area contributed by atoms with E-state index in [2.05, 4.69) is 5.32 Å². The van der Waals surface area contributed by atoms with E-state index in [4.69, 9.17) is 23.2 Å². The predicted octanol–water partition coefficient (Wildman–Crippen LogP) is 4.04. The summed E-state index contributed by atoms with van der Waals surface area (Å²) in [6.45, 7) is 3.76. The van der Waals surface area contributed by atoms with E-state index in [1.807, 2.05) is 19.9 Å². The molecule has 0 aliphatic rings. The molecular weight excluding hydrogens is 349 g/mol. The number of aliphatic carboxylic acids is 1. The normalized spacial score (nSPS) is 11.8. The van der Waals surface area contributed by atoms with Crippen LogP contribution in [0.15, 0.2) is 36.4 Å². The molecule has 1 atom stereocenters. The average Bonchev–Trinajstić information content (AvgIpc) is 2.47. The molecule has 0 fully saturated rings. The predicted molar refractivity (Wildman–Crippen MR) is 95.0 cm³/mol. The van der Waals surface area contributed by atoms with Gasteiger partial charge in [-0.05, 0) is 43.7 Å². The summed E-state index contributed by atoms with van der Waals surface area (Å²) in [6.07, 6.45) is 0.0713. The quantitative estimate of drug-likeness (QED) is 0.840. The van der Waals surface area contributed by atoms with Gasteiger partial charge in [-0.2, -0.15) is 0 Å². The molecule has 0 saturated carbocycles. The first-order valence-corrected chi connectivity index (χ1v) is 8.07. The Morgan fingerprint density at radius 1 is 1.08 bits per heavy atom. The highest BCUT2D eigenvalue weighted by molar-refractivity contribution is 6.35. The Balaban J connectivity index is 2.19. The van der Waals surface area contributed by atoms with Gasteiger partial charge in [0.25, 0.3) is 5.91 Å². The largest absolute Gasteiger partial charge is 0.480 e. The minimum Gasteiger partial charge on any atom is -0.480 e. The number of hydrogen-bond acceptors (Lipinski definition) is 2. The van der Waals surface area contributed by atoms with Crippen molar-refractivity contribution in [3.63, 3.8) is 0 Å². The number of halogens is 2. The molecule has 2 N–H and O–H groups in total. The van der Waals surface area contributed by atoms with Crippen LogP contribution >= 0.6 is 23.2 Å². The van der Waals surface area contributed by atoms with E-state index in [1.165, 1.54) is 0 Å². The van der Waals surface area contributed by atoms with Crippen molar-refractivity contribution >= 4 is 35.1 Å². The highest BCUT2D eigenvalue weighted by atomic mass is 35.5. The van der Waals surface area contributed by atoms with Gasteiger partial charge in [-0.25, -0.2) is 4.79 Å². The van der Waals surface area contributed by atoms with Crippen molar-refractivity contribution in [1.29, 1.82) is 0 Å². The first-order chi connectivity index (χ1) is 11.3. The Kier molecular flexibility index (Phi) is 5.86. The summed E-state index contributed by atoms with van der Waals surface area (Å²) in [5, 5.41) is 12.8. The smallest absolute Gasteiger partial charge is 0.326 e. The molecule has 2 aromatic carbocycles. The summed E-state index contributed by atoms with van der Waals surface area (Å²) < 4.78 is 0. The highest BCUT2D eigenvalue weighted by Gasteiger charge is 2.22. The fraction of sp³-hybridized carbons (Fsp3) is 0.222. The van der Waals surface area contributed by atoms with Crippen LogP contribution in [0.2, 0.25) is 10.0 Å². The molecule has 0 radical (unpaired) electrons. The van der Waals surface area contributed by atoms with Crippen molar-refractivity contribution in [2.24, 2.45) is 0 Å². The molecule has 0 bridgehead atoms. The lowest BCUT2D eigenvalue weighted by Crippen LogP contribution is -2.42. The lowest BCUT2D eigenvalue weighted by molar-refractivity contribution is -0.139. The molecule has 0 aromatic heterocycles. The third-order valence-electron chi connectivity index (χ3n) is 3.53. The number of benzene rings is 2. The van der Waals surface area contributed by atoms with Crippen LogP contribution in [0.1, 0.15) is 27.0 Å². The summed E-state index contributed by atoms with van der Waals surface area (Å²) in [4.78, 5) is 23.9. The molecular formula is C18H17Cl2NO3. The molecule has 1 amide bonds. The minimum absolute atomic E-state index is 0.0713. The van der Waals surface area contributed by atoms with Crippen molar-refractivity contribution in [2.45, 2.75) is 26.3 Å². The maximum atomic E-state index is 12.4. The van der Waals surface area contributed by atoms with E-state index in [-0.39, 0.29) is 6.42 Å². The van der Waals surface area contributed by atoms with Gasteiger partial charge in [0.2, 0.25) is 0 Å². The number of nitrogens with one attached hydrogen (secondary N) is 1. The average molecular weight is 366 g/mol. The molecule has 0 spiro atoms. The number of aryl methyl sites for hydroxylation is 2. The van der Waals surface area contributed by atoms with Gasteiger partial charge in [-0.1, -0.05) is 46.5 Å². The van der Waals surface area contributed by atoms with Gasteiger partial charge in [0.15, 0.2) is 0 Å². The van der Waals surface area contributed by atoms with E-state index < -0.39 is 17.9 Å². The van der Waals surface area contributed by atoms with Crippen molar-refractivity contribution in [1.82, 2.24) is 5.32 Å². The van der Waals surface area contributed by atoms with Gasteiger partial charge in [0.1, 0.15) is 6.04 Å². The molecule has 2 aromatic rings. The number of hydrogen-bond donors (Lipinski definition) is 2. The van der Waals surface area contributed by atoms with E-state index in [1.54, 1.807) is 30.3 Å². The van der Waals surface area contributed by atoms with Crippen LogP contribution in [0.3, 0.4) is 0 Å². The zero-order valence-electron chi connectivity index (χ0n) is 13.3. The first kappa shape index (κ1) is 18.3. The van der Waals surface area contributed by atoms with E-state index in [9.17, 15) is 14.7 Å². The summed E-state index contributed by atoms with van der Waals surface area (Å²) in [5.74, 6) is -1.56. The zero-order chi connectivity index (χ0) is 17.9. The third kappa shape index (κ3) is 4.73. The summed E-state index contributed by atoms with van der Waals surface area (Å²) in [6, 6.07) is 9.13. The van der Waals surface area contributed by atoms with Crippen LogP contribution in [-0.4, -0.2) is 23.0 Å². The van der Waals surface area contributed by atoms with Crippen molar-refractivity contribution in [3.05, 3.63) is 68.7 Å². The number of amides is 1. The summed E-state index contributed by atoms with van der Waals surface area (Å²) in [7, 11) is 0. The standard InChI is InChI=1S/C18H17Cl2NO3/c1-10-5-11(2)7-13(6-10)17(22)21-16(18(23)24)8-12-3-4-14(19)9-15(12)20/h3-7,9,16H,8H2,1-2H3,(H,21,22)(H,23,24)/t16-/m1/s1. The van der Waals surface area contributed by atoms with Crippen LogP contribution in [0.5, 0.6) is 0 Å². The molecule has 0 aliphatic heterocycles. The fourth-order valence-corrected chi connectivity index (χ4v) is 2.94. The topological polar surface area (TPSA) is 66.4 Å². The molecule has 4 nitrogen and oxygen atoms in total. The van der Waals surface area contributed by atoms with Crippen LogP contribution in [0.4, 0.5) is 0 Å². The molecule has 24 heavy (non-hydrogen) atoms. The fourth-order valence-electron chi connectivity index (χ4n) is 2.45. The Morgan fingerprint density at radius 2 is 1.71 bits per heavy atom. The van der Waals surface area contributed by atoms with Gasteiger partial charge in [-0.3, -0.25) is 4.79 Å². The summed E-state index contributed by atoms with van der Waals surface area (Å²) >= 11 is 11.9. The Bertz CT molecular complexity index is 770. The van der Waals surface area contributed by atoms with Crippen LogP contribution in [-0.2, 0) is 11.2 Å². The molecule has 0 heterocycles. The van der Waals surface area contributed by atoms with E-state index in [0.29, 0.717) is 21.2 Å². The Hall–Kier alpha value is -2.04. The van der Waals surface area contributed by atoms with Gasteiger partial charge in [0, 0.05) is 22.0 Å². The lowest BCUT2D eigenvalue weighted by Gasteiger charge is -2.16. The molecule has 0 saturated heterocycles. The van der Waals surface area contributed by atoms with E-state index in [0.717, 1.165) is 11.1 Å². The molecule has 126 valence electrons. The van der Waals surface area contributed by atoms with E-state index >= 15 is 0 Å². The summed E-state index contributed by atoms with van der Waals surface area (Å²) in [5.41, 5.74) is 2.91. The van der Waals surface area contributed by atoms with Gasteiger partial charge >= 0.3 is 5.97 Å². The van der Waals surface area contributed by atoms with Crippen molar-refractivity contribution in [2.75, 3.05) is 0 Å². The number of carbonyl (C=O) groups excluding carboxylic acids is 1. The number of carbonyl (C=O) groups is 2. The first-order valence-electron chi connectivity index (χ1n) is 7.32. The maximum absolute atomic E-state index is 12.4. The number of rotatable bonds is 5. The van der Waals surface area contributed by atoms with Gasteiger partial charge < -0.3 is 10.4 Å². The molecule has 2 rings (SSSR count). The van der Waals surface area contributed by atoms with Crippen molar-refractivity contribution < 1.29 is 14.7 Å². The Morgan fingerprint density at radius 3 is 2.25 bits per heavy atom. The highest BCUT2D eigenvalue weighted by Crippen LogP contribution is 2.22. The van der Waals surface area contributed by atoms with Crippen LogP contribution in [0, 0.1) is 13.8 Å². The lowest BCUT2D eigenvalue weighted by atomic mass is 10.0. The third-order valence-corrected chi connectivity index (χ3v) is 4.11. The van der Waals surface area contributed by atoms with Gasteiger partial charge in [0.05, 0.1) is 0 Å².